The predicted octanol–water partition coefficient (Wildman–Crippen LogP) is 0.473. The van der Waals surface area contributed by atoms with Gasteiger partial charge in [-0.2, -0.15) is 0 Å². The van der Waals surface area contributed by atoms with E-state index in [0.717, 1.165) is 30.9 Å². The SMILES string of the molecule is COc1cnc2c(n1)CCN(C)C2. The summed E-state index contributed by atoms with van der Waals surface area (Å²) in [7, 11) is 3.71. The first-order valence-electron chi connectivity index (χ1n) is 4.37. The third kappa shape index (κ3) is 1.62. The van der Waals surface area contributed by atoms with Crippen molar-refractivity contribution < 1.29 is 4.74 Å². The van der Waals surface area contributed by atoms with Crippen LogP contribution in [0, 0.1) is 0 Å². The number of ether oxygens (including phenoxy) is 1. The lowest BCUT2D eigenvalue weighted by atomic mass is 10.1. The van der Waals surface area contributed by atoms with Gasteiger partial charge >= 0.3 is 0 Å². The van der Waals surface area contributed by atoms with Gasteiger partial charge in [-0.3, -0.25) is 4.98 Å². The van der Waals surface area contributed by atoms with Crippen molar-refractivity contribution in [2.24, 2.45) is 0 Å². The fourth-order valence-electron chi connectivity index (χ4n) is 1.50. The summed E-state index contributed by atoms with van der Waals surface area (Å²) in [6.45, 7) is 1.95. The van der Waals surface area contributed by atoms with Crippen molar-refractivity contribution in [1.82, 2.24) is 14.9 Å². The molecule has 70 valence electrons. The molecular formula is C9H13N3O. The van der Waals surface area contributed by atoms with Crippen molar-refractivity contribution in [3.8, 4) is 5.88 Å². The Morgan fingerprint density at radius 1 is 1.46 bits per heavy atom. The fourth-order valence-corrected chi connectivity index (χ4v) is 1.50. The molecule has 0 radical (unpaired) electrons. The van der Waals surface area contributed by atoms with E-state index in [0.29, 0.717) is 5.88 Å². The van der Waals surface area contributed by atoms with Crippen LogP contribution in [0.3, 0.4) is 0 Å². The van der Waals surface area contributed by atoms with Crippen LogP contribution in [0.2, 0.25) is 0 Å². The zero-order chi connectivity index (χ0) is 9.26. The number of rotatable bonds is 1. The van der Waals surface area contributed by atoms with Gasteiger partial charge in [0.15, 0.2) is 0 Å². The van der Waals surface area contributed by atoms with Gasteiger partial charge in [0.25, 0.3) is 0 Å². The predicted molar refractivity (Wildman–Crippen MR) is 48.6 cm³/mol. The first-order valence-corrected chi connectivity index (χ1v) is 4.37. The van der Waals surface area contributed by atoms with E-state index in [9.17, 15) is 0 Å². The molecule has 1 aliphatic heterocycles. The van der Waals surface area contributed by atoms with Gasteiger partial charge in [0, 0.05) is 19.5 Å². The molecule has 2 rings (SSSR count). The molecule has 1 aromatic heterocycles. The average molecular weight is 179 g/mol. The minimum Gasteiger partial charge on any atom is -0.480 e. The van der Waals surface area contributed by atoms with E-state index in [1.54, 1.807) is 13.3 Å². The van der Waals surface area contributed by atoms with Crippen LogP contribution in [-0.4, -0.2) is 35.6 Å². The lowest BCUT2D eigenvalue weighted by Crippen LogP contribution is -2.28. The molecule has 0 N–H and O–H groups in total. The lowest BCUT2D eigenvalue weighted by Gasteiger charge is -2.22. The van der Waals surface area contributed by atoms with Crippen LogP contribution >= 0.6 is 0 Å². The van der Waals surface area contributed by atoms with Gasteiger partial charge in [0.1, 0.15) is 0 Å². The Balaban J connectivity index is 2.31. The summed E-state index contributed by atoms with van der Waals surface area (Å²) >= 11 is 0. The van der Waals surface area contributed by atoms with Crippen LogP contribution < -0.4 is 4.74 Å². The summed E-state index contributed by atoms with van der Waals surface area (Å²) in [6.07, 6.45) is 2.65. The molecule has 0 amide bonds. The molecule has 0 aliphatic carbocycles. The molecule has 0 unspecified atom stereocenters. The molecule has 4 nitrogen and oxygen atoms in total. The zero-order valence-electron chi connectivity index (χ0n) is 7.95. The monoisotopic (exact) mass is 179 g/mol. The van der Waals surface area contributed by atoms with E-state index >= 15 is 0 Å². The van der Waals surface area contributed by atoms with Crippen LogP contribution in [0.15, 0.2) is 6.20 Å². The van der Waals surface area contributed by atoms with Crippen LogP contribution in [0.1, 0.15) is 11.4 Å². The molecular weight excluding hydrogens is 166 g/mol. The molecule has 0 saturated carbocycles. The summed E-state index contributed by atoms with van der Waals surface area (Å²) < 4.78 is 5.02. The van der Waals surface area contributed by atoms with E-state index in [2.05, 4.69) is 21.9 Å². The Morgan fingerprint density at radius 3 is 3.08 bits per heavy atom. The van der Waals surface area contributed by atoms with E-state index < -0.39 is 0 Å². The number of nitrogens with zero attached hydrogens (tertiary/aromatic N) is 3. The maximum Gasteiger partial charge on any atom is 0.232 e. The molecule has 0 aromatic carbocycles. The summed E-state index contributed by atoms with van der Waals surface area (Å²) in [6, 6.07) is 0. The topological polar surface area (TPSA) is 38.3 Å². The minimum atomic E-state index is 0.614. The molecule has 4 heteroatoms. The van der Waals surface area contributed by atoms with E-state index in [4.69, 9.17) is 4.74 Å². The van der Waals surface area contributed by atoms with Gasteiger partial charge < -0.3 is 9.64 Å². The molecule has 13 heavy (non-hydrogen) atoms. The third-order valence-electron chi connectivity index (χ3n) is 2.27. The molecule has 0 bridgehead atoms. The van der Waals surface area contributed by atoms with Crippen LogP contribution in [0.25, 0.3) is 0 Å². The van der Waals surface area contributed by atoms with E-state index in [1.807, 2.05) is 0 Å². The van der Waals surface area contributed by atoms with Crippen molar-refractivity contribution in [2.75, 3.05) is 20.7 Å². The summed E-state index contributed by atoms with van der Waals surface area (Å²) in [5.41, 5.74) is 2.16. The second kappa shape index (κ2) is 3.30. The second-order valence-electron chi connectivity index (χ2n) is 3.29. The van der Waals surface area contributed by atoms with Gasteiger partial charge in [-0.05, 0) is 7.05 Å². The number of aromatic nitrogens is 2. The van der Waals surface area contributed by atoms with Crippen molar-refractivity contribution in [2.45, 2.75) is 13.0 Å². The summed E-state index contributed by atoms with van der Waals surface area (Å²) in [5.74, 6) is 0.614. The number of hydrogen-bond acceptors (Lipinski definition) is 4. The highest BCUT2D eigenvalue weighted by molar-refractivity contribution is 5.19. The van der Waals surface area contributed by atoms with Crippen molar-refractivity contribution >= 4 is 0 Å². The Bertz CT molecular complexity index is 314. The van der Waals surface area contributed by atoms with Crippen molar-refractivity contribution in [3.63, 3.8) is 0 Å². The number of likely N-dealkylation sites (N-methyl/N-ethyl adjacent to an activating group) is 1. The van der Waals surface area contributed by atoms with Gasteiger partial charge in [-0.25, -0.2) is 4.98 Å². The quantitative estimate of drug-likeness (QED) is 0.628. The van der Waals surface area contributed by atoms with Crippen molar-refractivity contribution in [3.05, 3.63) is 17.6 Å². The normalized spacial score (nSPS) is 16.8. The molecule has 1 aliphatic rings. The third-order valence-corrected chi connectivity index (χ3v) is 2.27. The smallest absolute Gasteiger partial charge is 0.232 e. The minimum absolute atomic E-state index is 0.614. The van der Waals surface area contributed by atoms with Crippen molar-refractivity contribution in [1.29, 1.82) is 0 Å². The standard InChI is InChI=1S/C9H13N3O/c1-12-4-3-7-8(6-12)10-5-9(11-7)13-2/h5H,3-4,6H2,1-2H3. The Labute approximate surface area is 77.6 Å². The number of methoxy groups -OCH3 is 1. The maximum absolute atomic E-state index is 5.02. The van der Waals surface area contributed by atoms with Gasteiger partial charge in [-0.15, -0.1) is 0 Å². The summed E-state index contributed by atoms with van der Waals surface area (Å²) in [4.78, 5) is 10.9. The highest BCUT2D eigenvalue weighted by Gasteiger charge is 2.15. The number of hydrogen-bond donors (Lipinski definition) is 0. The Hall–Kier alpha value is -1.16. The molecule has 0 atom stereocenters. The van der Waals surface area contributed by atoms with Crippen LogP contribution in [0.4, 0.5) is 0 Å². The zero-order valence-corrected chi connectivity index (χ0v) is 7.95. The number of fused-ring (bicyclic) bond motifs is 1. The highest BCUT2D eigenvalue weighted by Crippen LogP contribution is 2.15. The van der Waals surface area contributed by atoms with Crippen LogP contribution in [-0.2, 0) is 13.0 Å². The molecule has 0 saturated heterocycles. The van der Waals surface area contributed by atoms with E-state index in [-0.39, 0.29) is 0 Å². The first-order chi connectivity index (χ1) is 6.29. The molecule has 2 heterocycles. The van der Waals surface area contributed by atoms with Gasteiger partial charge in [-0.1, -0.05) is 0 Å². The maximum atomic E-state index is 5.02. The largest absolute Gasteiger partial charge is 0.480 e. The highest BCUT2D eigenvalue weighted by atomic mass is 16.5. The fraction of sp³-hybridized carbons (Fsp3) is 0.556. The van der Waals surface area contributed by atoms with E-state index in [1.165, 1.54) is 0 Å². The average Bonchev–Trinajstić information content (AvgIpc) is 2.17. The lowest BCUT2D eigenvalue weighted by molar-refractivity contribution is 0.300. The first kappa shape index (κ1) is 8.44. The van der Waals surface area contributed by atoms with Gasteiger partial charge in [0.2, 0.25) is 5.88 Å². The Kier molecular flexibility index (Phi) is 2.14. The Morgan fingerprint density at radius 2 is 2.31 bits per heavy atom. The van der Waals surface area contributed by atoms with Gasteiger partial charge in [0.05, 0.1) is 24.7 Å². The molecule has 0 fully saturated rings. The second-order valence-corrected chi connectivity index (χ2v) is 3.29. The molecule has 0 spiro atoms. The van der Waals surface area contributed by atoms with Crippen LogP contribution in [0.5, 0.6) is 5.88 Å². The summed E-state index contributed by atoms with van der Waals surface area (Å²) in [5, 5.41) is 0. The molecule has 1 aromatic rings.